The predicted octanol–water partition coefficient (Wildman–Crippen LogP) is 0.904. The highest BCUT2D eigenvalue weighted by atomic mass is 19.3. The van der Waals surface area contributed by atoms with Crippen LogP contribution in [-0.2, 0) is 0 Å². The summed E-state index contributed by atoms with van der Waals surface area (Å²) in [6, 6.07) is -1.21. The highest BCUT2D eigenvalue weighted by molar-refractivity contribution is 4.93. The van der Waals surface area contributed by atoms with E-state index in [4.69, 9.17) is 5.53 Å². The maximum atomic E-state index is 12.5. The number of halogens is 2. The smallest absolute Gasteiger partial charge is 0.269 e. The van der Waals surface area contributed by atoms with E-state index < -0.39 is 18.5 Å². The zero-order valence-corrected chi connectivity index (χ0v) is 5.09. The average Bonchev–Trinajstić information content (AvgIpc) is 2.13. The highest BCUT2D eigenvalue weighted by Gasteiger charge is 2.43. The first-order valence-electron chi connectivity index (χ1n) is 2.79. The van der Waals surface area contributed by atoms with Gasteiger partial charge in [0, 0.05) is 11.5 Å². The van der Waals surface area contributed by atoms with E-state index in [1.807, 2.05) is 0 Å². The Balaban J connectivity index is 2.68. The van der Waals surface area contributed by atoms with Gasteiger partial charge in [-0.3, -0.25) is 0 Å². The predicted molar refractivity (Wildman–Crippen MR) is 30.8 cm³/mol. The molecule has 0 aromatic heterocycles. The van der Waals surface area contributed by atoms with Crippen molar-refractivity contribution >= 4 is 0 Å². The van der Waals surface area contributed by atoms with Crippen LogP contribution in [0.1, 0.15) is 0 Å². The summed E-state index contributed by atoms with van der Waals surface area (Å²) in [6.45, 7) is -0.326. The lowest BCUT2D eigenvalue weighted by Crippen LogP contribution is -2.29. The zero-order valence-electron chi connectivity index (χ0n) is 5.09. The molecule has 1 aliphatic heterocycles. The summed E-state index contributed by atoms with van der Waals surface area (Å²) >= 11 is 0. The van der Waals surface area contributed by atoms with Gasteiger partial charge in [-0.05, 0) is 5.53 Å². The topological polar surface area (TPSA) is 60.8 Å². The number of nitrogens with one attached hydrogen (secondary N) is 1. The van der Waals surface area contributed by atoms with Crippen molar-refractivity contribution in [3.63, 3.8) is 0 Å². The van der Waals surface area contributed by atoms with Gasteiger partial charge >= 0.3 is 0 Å². The molecule has 0 aromatic rings. The minimum Gasteiger partial charge on any atom is -0.311 e. The molecular weight excluding hydrogens is 142 g/mol. The van der Waals surface area contributed by atoms with E-state index in [0.717, 1.165) is 0 Å². The van der Waals surface area contributed by atoms with Crippen molar-refractivity contribution in [1.29, 1.82) is 0 Å². The van der Waals surface area contributed by atoms with Crippen molar-refractivity contribution in [2.75, 3.05) is 13.1 Å². The van der Waals surface area contributed by atoms with Gasteiger partial charge in [0.1, 0.15) is 6.04 Å². The fraction of sp³-hybridized carbons (Fsp3) is 1.00. The minimum atomic E-state index is -2.87. The largest absolute Gasteiger partial charge is 0.311 e. The molecule has 1 atom stereocenters. The first-order chi connectivity index (χ1) is 4.67. The number of rotatable bonds is 1. The minimum absolute atomic E-state index is 0.0665. The zero-order chi connectivity index (χ0) is 7.61. The van der Waals surface area contributed by atoms with Gasteiger partial charge in [-0.1, -0.05) is 5.11 Å². The third-order valence-electron chi connectivity index (χ3n) is 1.38. The number of hydrogen-bond donors (Lipinski definition) is 1. The first kappa shape index (κ1) is 7.24. The third kappa shape index (κ3) is 1.17. The van der Waals surface area contributed by atoms with Crippen LogP contribution in [0, 0.1) is 0 Å². The van der Waals surface area contributed by atoms with Gasteiger partial charge in [0.05, 0.1) is 6.54 Å². The summed E-state index contributed by atoms with van der Waals surface area (Å²) < 4.78 is 24.9. The summed E-state index contributed by atoms with van der Waals surface area (Å²) in [5.74, 6) is -2.87. The SMILES string of the molecule is [N-]=[N+]=NC1CNCC1(F)F. The van der Waals surface area contributed by atoms with Crippen molar-refractivity contribution < 1.29 is 8.78 Å². The van der Waals surface area contributed by atoms with Gasteiger partial charge in [0.2, 0.25) is 0 Å². The van der Waals surface area contributed by atoms with Crippen molar-refractivity contribution in [2.45, 2.75) is 12.0 Å². The molecule has 56 valence electrons. The Morgan fingerprint density at radius 1 is 1.70 bits per heavy atom. The molecule has 1 heterocycles. The molecular formula is C4H6F2N4. The number of azide groups is 1. The molecule has 0 amide bonds. The van der Waals surface area contributed by atoms with E-state index >= 15 is 0 Å². The summed E-state index contributed by atoms with van der Waals surface area (Å²) in [5, 5.41) is 5.38. The second-order valence-electron chi connectivity index (χ2n) is 2.11. The van der Waals surface area contributed by atoms with Gasteiger partial charge in [-0.25, -0.2) is 8.78 Å². The molecule has 1 unspecified atom stereocenters. The molecule has 10 heavy (non-hydrogen) atoms. The molecule has 0 bridgehead atoms. The van der Waals surface area contributed by atoms with Crippen LogP contribution >= 0.6 is 0 Å². The van der Waals surface area contributed by atoms with Gasteiger partial charge in [-0.15, -0.1) is 0 Å². The second kappa shape index (κ2) is 2.40. The number of nitrogens with zero attached hydrogens (tertiary/aromatic N) is 3. The van der Waals surface area contributed by atoms with E-state index in [9.17, 15) is 8.78 Å². The Labute approximate surface area is 55.8 Å². The Kier molecular flexibility index (Phi) is 1.74. The molecule has 0 aromatic carbocycles. The molecule has 0 aliphatic carbocycles. The molecule has 4 nitrogen and oxygen atoms in total. The summed E-state index contributed by atoms with van der Waals surface area (Å²) in [6.07, 6.45) is 0. The molecule has 1 saturated heterocycles. The maximum Gasteiger partial charge on any atom is 0.269 e. The lowest BCUT2D eigenvalue weighted by molar-refractivity contribution is 0.00833. The van der Waals surface area contributed by atoms with Crippen LogP contribution in [0.5, 0.6) is 0 Å². The van der Waals surface area contributed by atoms with E-state index in [2.05, 4.69) is 15.3 Å². The van der Waals surface area contributed by atoms with Crippen LogP contribution in [0.25, 0.3) is 10.4 Å². The fourth-order valence-corrected chi connectivity index (χ4v) is 0.830. The van der Waals surface area contributed by atoms with E-state index in [0.29, 0.717) is 0 Å². The lowest BCUT2D eigenvalue weighted by Gasteiger charge is -2.10. The van der Waals surface area contributed by atoms with Gasteiger partial charge < -0.3 is 5.32 Å². The van der Waals surface area contributed by atoms with Crippen LogP contribution in [0.3, 0.4) is 0 Å². The Morgan fingerprint density at radius 3 is 2.80 bits per heavy atom. The third-order valence-corrected chi connectivity index (χ3v) is 1.38. The van der Waals surface area contributed by atoms with Crippen LogP contribution in [0.15, 0.2) is 5.11 Å². The highest BCUT2D eigenvalue weighted by Crippen LogP contribution is 2.24. The van der Waals surface area contributed by atoms with Crippen LogP contribution in [0.2, 0.25) is 0 Å². The Hall–Kier alpha value is -0.870. The molecule has 1 rings (SSSR count). The first-order valence-corrected chi connectivity index (χ1v) is 2.79. The average molecular weight is 148 g/mol. The molecule has 1 N–H and O–H groups in total. The van der Waals surface area contributed by atoms with Gasteiger partial charge in [-0.2, -0.15) is 0 Å². The van der Waals surface area contributed by atoms with Crippen molar-refractivity contribution in [3.05, 3.63) is 10.4 Å². The van der Waals surface area contributed by atoms with Gasteiger partial charge in [0.25, 0.3) is 5.92 Å². The van der Waals surface area contributed by atoms with E-state index in [1.54, 1.807) is 0 Å². The number of hydrogen-bond acceptors (Lipinski definition) is 2. The van der Waals surface area contributed by atoms with Crippen LogP contribution in [-0.4, -0.2) is 25.1 Å². The molecule has 0 radical (unpaired) electrons. The normalized spacial score (nSPS) is 29.6. The monoisotopic (exact) mass is 148 g/mol. The summed E-state index contributed by atoms with van der Waals surface area (Å²) in [4.78, 5) is 2.32. The quantitative estimate of drug-likeness (QED) is 0.335. The van der Waals surface area contributed by atoms with Crippen molar-refractivity contribution in [2.24, 2.45) is 5.11 Å². The van der Waals surface area contributed by atoms with Crippen molar-refractivity contribution in [1.82, 2.24) is 5.32 Å². The van der Waals surface area contributed by atoms with Crippen LogP contribution < -0.4 is 5.32 Å². The molecule has 0 saturated carbocycles. The Bertz CT molecular complexity index is 174. The van der Waals surface area contributed by atoms with Crippen LogP contribution in [0.4, 0.5) is 8.78 Å². The summed E-state index contributed by atoms with van der Waals surface area (Å²) in [5.41, 5.74) is 7.86. The molecule has 1 fully saturated rings. The van der Waals surface area contributed by atoms with E-state index in [-0.39, 0.29) is 6.54 Å². The molecule has 0 spiro atoms. The lowest BCUT2D eigenvalue weighted by atomic mass is 10.2. The molecule has 6 heteroatoms. The Morgan fingerprint density at radius 2 is 2.40 bits per heavy atom. The maximum absolute atomic E-state index is 12.5. The summed E-state index contributed by atoms with van der Waals surface area (Å²) in [7, 11) is 0. The van der Waals surface area contributed by atoms with Crippen molar-refractivity contribution in [3.8, 4) is 0 Å². The molecule has 1 aliphatic rings. The second-order valence-corrected chi connectivity index (χ2v) is 2.11. The fourth-order valence-electron chi connectivity index (χ4n) is 0.830. The van der Waals surface area contributed by atoms with E-state index in [1.165, 1.54) is 0 Å². The van der Waals surface area contributed by atoms with Gasteiger partial charge in [0.15, 0.2) is 0 Å². The standard InChI is InChI=1S/C4H6F2N4/c5-4(6)2-8-1-3(4)9-10-7/h3,8H,1-2H2. The number of alkyl halides is 2.